The Balaban J connectivity index is 2.16. The van der Waals surface area contributed by atoms with E-state index in [4.69, 9.17) is 0 Å². The van der Waals surface area contributed by atoms with Gasteiger partial charge in [-0.2, -0.15) is 0 Å². The molecular weight excluding hydrogens is 328 g/mol. The van der Waals surface area contributed by atoms with E-state index in [1.807, 2.05) is 30.3 Å². The maximum atomic E-state index is 11.9. The third-order valence-electron chi connectivity index (χ3n) is 2.25. The lowest BCUT2D eigenvalue weighted by atomic mass is 10.2. The van der Waals surface area contributed by atoms with Gasteiger partial charge in [-0.25, -0.2) is 13.4 Å². The molecule has 0 amide bonds. The number of aromatic nitrogens is 1. The molecule has 0 saturated heterocycles. The molecule has 0 aliphatic carbocycles. The Kier molecular flexibility index (Phi) is 4.34. The fraction of sp³-hybridized carbons (Fsp3) is 0. The molecule has 0 aliphatic rings. The molecule has 1 aromatic heterocycles. The summed E-state index contributed by atoms with van der Waals surface area (Å²) >= 11 is 3.18. The second-order valence-electron chi connectivity index (χ2n) is 3.70. The molecule has 6 heteroatoms. The molecule has 0 saturated carbocycles. The second kappa shape index (κ2) is 5.99. The molecule has 0 spiro atoms. The molecule has 2 rings (SSSR count). The molecule has 0 aliphatic heterocycles. The third kappa shape index (κ3) is 4.18. The quantitative estimate of drug-likeness (QED) is 0.870. The van der Waals surface area contributed by atoms with Crippen LogP contribution in [0.3, 0.4) is 0 Å². The Labute approximate surface area is 120 Å². The summed E-state index contributed by atoms with van der Waals surface area (Å²) in [5.41, 5.74) is 1.22. The van der Waals surface area contributed by atoms with Crippen molar-refractivity contribution in [2.45, 2.75) is 0 Å². The average molecular weight is 339 g/mol. The van der Waals surface area contributed by atoms with Crippen molar-refractivity contribution < 1.29 is 8.42 Å². The third-order valence-corrected chi connectivity index (χ3v) is 3.88. The Morgan fingerprint density at radius 3 is 2.53 bits per heavy atom. The predicted molar refractivity (Wildman–Crippen MR) is 80.0 cm³/mol. The zero-order valence-corrected chi connectivity index (χ0v) is 12.2. The standard InChI is InChI=1S/C13H11BrN2O2S/c14-13-12(7-4-9-15-13)16-19(17,18)10-8-11-5-2-1-3-6-11/h1-10,16H/b10-8+. The highest BCUT2D eigenvalue weighted by Crippen LogP contribution is 2.20. The van der Waals surface area contributed by atoms with E-state index in [-0.39, 0.29) is 0 Å². The van der Waals surface area contributed by atoms with Crippen LogP contribution in [0.1, 0.15) is 5.56 Å². The van der Waals surface area contributed by atoms with Crippen molar-refractivity contribution in [3.05, 3.63) is 64.2 Å². The zero-order chi connectivity index (χ0) is 13.7. The van der Waals surface area contributed by atoms with E-state index in [9.17, 15) is 8.42 Å². The summed E-state index contributed by atoms with van der Waals surface area (Å²) in [5, 5.41) is 1.13. The van der Waals surface area contributed by atoms with Crippen molar-refractivity contribution in [3.63, 3.8) is 0 Å². The maximum absolute atomic E-state index is 11.9. The van der Waals surface area contributed by atoms with Gasteiger partial charge >= 0.3 is 0 Å². The molecule has 2 aromatic rings. The largest absolute Gasteiger partial charge is 0.277 e. The molecule has 0 bridgehead atoms. The normalized spacial score (nSPS) is 11.6. The smallest absolute Gasteiger partial charge is 0.255 e. The van der Waals surface area contributed by atoms with Gasteiger partial charge in [-0.1, -0.05) is 30.3 Å². The van der Waals surface area contributed by atoms with E-state index < -0.39 is 10.0 Å². The summed E-state index contributed by atoms with van der Waals surface area (Å²) in [7, 11) is -3.56. The first-order chi connectivity index (χ1) is 9.07. The minimum absolute atomic E-state index is 0.403. The lowest BCUT2D eigenvalue weighted by Gasteiger charge is -2.05. The van der Waals surface area contributed by atoms with E-state index in [0.717, 1.165) is 11.0 Å². The van der Waals surface area contributed by atoms with E-state index in [1.165, 1.54) is 6.08 Å². The van der Waals surface area contributed by atoms with Crippen molar-refractivity contribution in [2.24, 2.45) is 0 Å². The maximum Gasteiger partial charge on any atom is 0.255 e. The summed E-state index contributed by atoms with van der Waals surface area (Å²) in [6, 6.07) is 12.5. The molecule has 0 unspecified atom stereocenters. The van der Waals surface area contributed by atoms with E-state index >= 15 is 0 Å². The first kappa shape index (κ1) is 13.8. The van der Waals surface area contributed by atoms with Crippen LogP contribution >= 0.6 is 15.9 Å². The molecule has 1 heterocycles. The van der Waals surface area contributed by atoms with Crippen LogP contribution in [-0.4, -0.2) is 13.4 Å². The molecule has 0 radical (unpaired) electrons. The monoisotopic (exact) mass is 338 g/mol. The van der Waals surface area contributed by atoms with Crippen LogP contribution in [-0.2, 0) is 10.0 Å². The van der Waals surface area contributed by atoms with Gasteiger partial charge in [0.1, 0.15) is 4.60 Å². The van der Waals surface area contributed by atoms with Gasteiger partial charge in [0.25, 0.3) is 10.0 Å². The Morgan fingerprint density at radius 2 is 1.84 bits per heavy atom. The molecular formula is C13H11BrN2O2S. The van der Waals surface area contributed by atoms with Crippen molar-refractivity contribution in [1.82, 2.24) is 4.98 Å². The number of hydrogen-bond donors (Lipinski definition) is 1. The molecule has 0 atom stereocenters. The van der Waals surface area contributed by atoms with Gasteiger partial charge in [0, 0.05) is 6.20 Å². The van der Waals surface area contributed by atoms with Gasteiger partial charge in [0.2, 0.25) is 0 Å². The van der Waals surface area contributed by atoms with Gasteiger partial charge in [0.05, 0.1) is 11.1 Å². The number of benzene rings is 1. The Bertz CT molecular complexity index is 685. The number of anilines is 1. The van der Waals surface area contributed by atoms with Crippen LogP contribution in [0.4, 0.5) is 5.69 Å². The number of pyridine rings is 1. The van der Waals surface area contributed by atoms with Crippen LogP contribution in [0.25, 0.3) is 6.08 Å². The van der Waals surface area contributed by atoms with Crippen molar-refractivity contribution in [2.75, 3.05) is 4.72 Å². The van der Waals surface area contributed by atoms with E-state index in [0.29, 0.717) is 10.3 Å². The molecule has 1 aromatic carbocycles. The zero-order valence-electron chi connectivity index (χ0n) is 9.82. The van der Waals surface area contributed by atoms with Crippen LogP contribution in [0.15, 0.2) is 58.7 Å². The summed E-state index contributed by atoms with van der Waals surface area (Å²) in [6.07, 6.45) is 3.11. The first-order valence-corrected chi connectivity index (χ1v) is 7.77. The highest BCUT2D eigenvalue weighted by atomic mass is 79.9. The molecule has 98 valence electrons. The highest BCUT2D eigenvalue weighted by molar-refractivity contribution is 9.10. The summed E-state index contributed by atoms with van der Waals surface area (Å²) < 4.78 is 26.6. The number of rotatable bonds is 4. The SMILES string of the molecule is O=S(=O)(/C=C/c1ccccc1)Nc1cccnc1Br. The van der Waals surface area contributed by atoms with Crippen molar-refractivity contribution >= 4 is 37.7 Å². The predicted octanol–water partition coefficient (Wildman–Crippen LogP) is 3.26. The average Bonchev–Trinajstić information content (AvgIpc) is 2.40. The van der Waals surface area contributed by atoms with Crippen LogP contribution in [0.2, 0.25) is 0 Å². The molecule has 0 fully saturated rings. The number of nitrogens with one attached hydrogen (secondary N) is 1. The second-order valence-corrected chi connectivity index (χ2v) is 6.02. The fourth-order valence-electron chi connectivity index (χ4n) is 1.38. The summed E-state index contributed by atoms with van der Waals surface area (Å²) in [6.45, 7) is 0. The number of sulfonamides is 1. The van der Waals surface area contributed by atoms with Gasteiger partial charge in [0.15, 0.2) is 0 Å². The van der Waals surface area contributed by atoms with Gasteiger partial charge in [-0.05, 0) is 39.7 Å². The van der Waals surface area contributed by atoms with E-state index in [2.05, 4.69) is 25.6 Å². The number of nitrogens with zero attached hydrogens (tertiary/aromatic N) is 1. The Morgan fingerprint density at radius 1 is 1.11 bits per heavy atom. The highest BCUT2D eigenvalue weighted by Gasteiger charge is 2.08. The first-order valence-electron chi connectivity index (χ1n) is 5.43. The minimum atomic E-state index is -3.56. The van der Waals surface area contributed by atoms with Crippen LogP contribution in [0, 0.1) is 0 Å². The lowest BCUT2D eigenvalue weighted by Crippen LogP contribution is -2.09. The molecule has 1 N–H and O–H groups in total. The number of halogens is 1. The molecule has 4 nitrogen and oxygen atoms in total. The topological polar surface area (TPSA) is 59.1 Å². The van der Waals surface area contributed by atoms with Crippen molar-refractivity contribution in [3.8, 4) is 0 Å². The van der Waals surface area contributed by atoms with E-state index in [1.54, 1.807) is 18.3 Å². The fourth-order valence-corrected chi connectivity index (χ4v) is 2.74. The lowest BCUT2D eigenvalue weighted by molar-refractivity contribution is 0.609. The van der Waals surface area contributed by atoms with Crippen molar-refractivity contribution in [1.29, 1.82) is 0 Å². The Hall–Kier alpha value is -1.66. The van der Waals surface area contributed by atoms with Crippen LogP contribution in [0.5, 0.6) is 0 Å². The van der Waals surface area contributed by atoms with Crippen LogP contribution < -0.4 is 4.72 Å². The summed E-state index contributed by atoms with van der Waals surface area (Å²) in [4.78, 5) is 3.95. The molecule has 19 heavy (non-hydrogen) atoms. The van der Waals surface area contributed by atoms with Gasteiger partial charge in [-0.15, -0.1) is 0 Å². The van der Waals surface area contributed by atoms with Gasteiger partial charge < -0.3 is 0 Å². The minimum Gasteiger partial charge on any atom is -0.277 e. The van der Waals surface area contributed by atoms with Gasteiger partial charge in [-0.3, -0.25) is 4.72 Å². The summed E-state index contributed by atoms with van der Waals surface area (Å²) in [5.74, 6) is 0. The number of hydrogen-bond acceptors (Lipinski definition) is 3.